The molecule has 2 aromatic carbocycles. The average molecular weight is 355 g/mol. The topological polar surface area (TPSA) is 47.6 Å². The second-order valence-electron chi connectivity index (χ2n) is 7.05. The molecule has 2 rings (SSSR count). The lowest BCUT2D eigenvalue weighted by atomic mass is 9.96. The number of nitrogens with one attached hydrogen (secondary N) is 1. The summed E-state index contributed by atoms with van der Waals surface area (Å²) in [7, 11) is 3.14. The number of methoxy groups -OCH3 is 2. The van der Waals surface area contributed by atoms with Crippen LogP contribution in [-0.4, -0.2) is 26.7 Å². The van der Waals surface area contributed by atoms with Gasteiger partial charge in [-0.3, -0.25) is 4.79 Å². The van der Waals surface area contributed by atoms with Crippen molar-refractivity contribution in [2.24, 2.45) is 5.92 Å². The average Bonchev–Trinajstić information content (AvgIpc) is 2.65. The van der Waals surface area contributed by atoms with Gasteiger partial charge in [0.25, 0.3) is 5.91 Å². The molecular weight excluding hydrogens is 326 g/mol. The summed E-state index contributed by atoms with van der Waals surface area (Å²) in [6.07, 6.45) is 1.09. The fraction of sp³-hybridized carbons (Fsp3) is 0.409. The maximum Gasteiger partial charge on any atom is 0.251 e. The van der Waals surface area contributed by atoms with Gasteiger partial charge in [-0.1, -0.05) is 45.0 Å². The molecule has 0 saturated carbocycles. The van der Waals surface area contributed by atoms with Crippen LogP contribution in [0.4, 0.5) is 0 Å². The second-order valence-corrected chi connectivity index (χ2v) is 7.05. The first-order valence-electron chi connectivity index (χ1n) is 9.03. The monoisotopic (exact) mass is 355 g/mol. The third-order valence-corrected chi connectivity index (χ3v) is 4.38. The minimum absolute atomic E-state index is 0.134. The number of benzene rings is 2. The fourth-order valence-electron chi connectivity index (χ4n) is 2.86. The van der Waals surface area contributed by atoms with Gasteiger partial charge in [0.05, 0.1) is 14.2 Å². The highest BCUT2D eigenvalue weighted by Gasteiger charge is 2.12. The molecule has 1 amide bonds. The Balaban J connectivity index is 1.98. The largest absolute Gasteiger partial charge is 0.497 e. The van der Waals surface area contributed by atoms with Gasteiger partial charge < -0.3 is 14.8 Å². The van der Waals surface area contributed by atoms with Crippen molar-refractivity contribution < 1.29 is 14.3 Å². The SMILES string of the molecule is COc1cc(OC)cc(C(=O)NC[C@H](C)c2ccc(CC(C)C)cc2)c1. The van der Waals surface area contributed by atoms with Crippen LogP contribution >= 0.6 is 0 Å². The number of hydrogen-bond donors (Lipinski definition) is 1. The molecule has 1 atom stereocenters. The van der Waals surface area contributed by atoms with E-state index in [0.717, 1.165) is 6.42 Å². The molecule has 2 aromatic rings. The first-order valence-corrected chi connectivity index (χ1v) is 9.03. The fourth-order valence-corrected chi connectivity index (χ4v) is 2.86. The molecular formula is C22H29NO3. The molecule has 0 fully saturated rings. The summed E-state index contributed by atoms with van der Waals surface area (Å²) in [6, 6.07) is 13.8. The zero-order valence-corrected chi connectivity index (χ0v) is 16.3. The van der Waals surface area contributed by atoms with Crippen LogP contribution in [0.3, 0.4) is 0 Å². The summed E-state index contributed by atoms with van der Waals surface area (Å²) in [5.41, 5.74) is 3.10. The van der Waals surface area contributed by atoms with E-state index >= 15 is 0 Å². The predicted molar refractivity (Wildman–Crippen MR) is 105 cm³/mol. The first-order chi connectivity index (χ1) is 12.4. The van der Waals surface area contributed by atoms with E-state index in [4.69, 9.17) is 9.47 Å². The third kappa shape index (κ3) is 5.51. The van der Waals surface area contributed by atoms with E-state index in [1.165, 1.54) is 11.1 Å². The molecule has 0 aliphatic carbocycles. The summed E-state index contributed by atoms with van der Waals surface area (Å²) in [4.78, 5) is 12.5. The van der Waals surface area contributed by atoms with Gasteiger partial charge in [-0.05, 0) is 41.5 Å². The molecule has 0 radical (unpaired) electrons. The van der Waals surface area contributed by atoms with Gasteiger partial charge in [0, 0.05) is 18.2 Å². The van der Waals surface area contributed by atoms with Crippen LogP contribution in [0.5, 0.6) is 11.5 Å². The molecule has 0 aromatic heterocycles. The number of amides is 1. The van der Waals surface area contributed by atoms with Crippen molar-refractivity contribution in [3.8, 4) is 11.5 Å². The highest BCUT2D eigenvalue weighted by molar-refractivity contribution is 5.95. The molecule has 4 heteroatoms. The van der Waals surface area contributed by atoms with Gasteiger partial charge in [-0.15, -0.1) is 0 Å². The van der Waals surface area contributed by atoms with Crippen LogP contribution in [0.15, 0.2) is 42.5 Å². The first kappa shape index (κ1) is 19.8. The Labute approximate surface area is 156 Å². The molecule has 0 heterocycles. The maximum atomic E-state index is 12.5. The van der Waals surface area contributed by atoms with E-state index in [2.05, 4.69) is 50.4 Å². The Morgan fingerprint density at radius 3 is 2.04 bits per heavy atom. The quantitative estimate of drug-likeness (QED) is 0.762. The summed E-state index contributed by atoms with van der Waals surface area (Å²) in [5.74, 6) is 1.95. The van der Waals surface area contributed by atoms with Crippen molar-refractivity contribution in [1.82, 2.24) is 5.32 Å². The van der Waals surface area contributed by atoms with Gasteiger partial charge in [-0.25, -0.2) is 0 Å². The van der Waals surface area contributed by atoms with E-state index in [1.54, 1.807) is 32.4 Å². The molecule has 0 aliphatic rings. The van der Waals surface area contributed by atoms with Crippen molar-refractivity contribution in [3.63, 3.8) is 0 Å². The van der Waals surface area contributed by atoms with Crippen LogP contribution in [0.1, 0.15) is 48.2 Å². The van der Waals surface area contributed by atoms with Crippen LogP contribution in [-0.2, 0) is 6.42 Å². The van der Waals surface area contributed by atoms with Crippen molar-refractivity contribution in [2.45, 2.75) is 33.1 Å². The van der Waals surface area contributed by atoms with Crippen molar-refractivity contribution in [2.75, 3.05) is 20.8 Å². The Morgan fingerprint density at radius 2 is 1.54 bits per heavy atom. The smallest absolute Gasteiger partial charge is 0.251 e. The number of hydrogen-bond acceptors (Lipinski definition) is 3. The van der Waals surface area contributed by atoms with Gasteiger partial charge in [0.2, 0.25) is 0 Å². The normalized spacial score (nSPS) is 11.9. The molecule has 0 aliphatic heterocycles. The maximum absolute atomic E-state index is 12.5. The highest BCUT2D eigenvalue weighted by atomic mass is 16.5. The third-order valence-electron chi connectivity index (χ3n) is 4.38. The van der Waals surface area contributed by atoms with E-state index < -0.39 is 0 Å². The summed E-state index contributed by atoms with van der Waals surface area (Å²) in [6.45, 7) is 7.13. The molecule has 1 N–H and O–H groups in total. The van der Waals surface area contributed by atoms with Crippen LogP contribution in [0, 0.1) is 5.92 Å². The molecule has 140 valence electrons. The molecule has 0 spiro atoms. The van der Waals surface area contributed by atoms with E-state index in [0.29, 0.717) is 29.5 Å². The van der Waals surface area contributed by atoms with Crippen molar-refractivity contribution >= 4 is 5.91 Å². The summed E-state index contributed by atoms with van der Waals surface area (Å²) in [5, 5.41) is 3.00. The molecule has 0 saturated heterocycles. The number of carbonyl (C=O) groups is 1. The zero-order valence-electron chi connectivity index (χ0n) is 16.3. The number of rotatable bonds is 8. The zero-order chi connectivity index (χ0) is 19.1. The van der Waals surface area contributed by atoms with Crippen molar-refractivity contribution in [1.29, 1.82) is 0 Å². The standard InChI is InChI=1S/C22H29NO3/c1-15(2)10-17-6-8-18(9-7-17)16(3)14-23-22(24)19-11-20(25-4)13-21(12-19)26-5/h6-9,11-13,15-16H,10,14H2,1-5H3,(H,23,24)/t16-/m0/s1. The second kappa shape index (κ2) is 9.27. The molecule has 0 bridgehead atoms. The minimum atomic E-state index is -0.134. The molecule has 0 unspecified atom stereocenters. The number of carbonyl (C=O) groups excluding carboxylic acids is 1. The van der Waals surface area contributed by atoms with Crippen molar-refractivity contribution in [3.05, 3.63) is 59.2 Å². The summed E-state index contributed by atoms with van der Waals surface area (Å²) < 4.78 is 10.4. The predicted octanol–water partition coefficient (Wildman–Crippen LogP) is 4.44. The lowest BCUT2D eigenvalue weighted by Gasteiger charge is -2.15. The Bertz CT molecular complexity index is 700. The van der Waals surface area contributed by atoms with E-state index in [1.807, 2.05) is 0 Å². The minimum Gasteiger partial charge on any atom is -0.497 e. The van der Waals surface area contributed by atoms with Gasteiger partial charge in [-0.2, -0.15) is 0 Å². The van der Waals surface area contributed by atoms with Gasteiger partial charge >= 0.3 is 0 Å². The summed E-state index contributed by atoms with van der Waals surface area (Å²) >= 11 is 0. The van der Waals surface area contributed by atoms with E-state index in [-0.39, 0.29) is 11.8 Å². The molecule has 26 heavy (non-hydrogen) atoms. The van der Waals surface area contributed by atoms with Crippen LogP contribution in [0.25, 0.3) is 0 Å². The molecule has 4 nitrogen and oxygen atoms in total. The van der Waals surface area contributed by atoms with Crippen LogP contribution < -0.4 is 14.8 Å². The number of ether oxygens (including phenoxy) is 2. The van der Waals surface area contributed by atoms with Gasteiger partial charge in [0.1, 0.15) is 11.5 Å². The van der Waals surface area contributed by atoms with E-state index in [9.17, 15) is 4.79 Å². The Morgan fingerprint density at radius 1 is 0.962 bits per heavy atom. The Kier molecular flexibility index (Phi) is 7.07. The van der Waals surface area contributed by atoms with Gasteiger partial charge in [0.15, 0.2) is 0 Å². The lowest BCUT2D eigenvalue weighted by Crippen LogP contribution is -2.27. The highest BCUT2D eigenvalue weighted by Crippen LogP contribution is 2.23. The Hall–Kier alpha value is -2.49. The lowest BCUT2D eigenvalue weighted by molar-refractivity contribution is 0.0951. The van der Waals surface area contributed by atoms with Crippen LogP contribution in [0.2, 0.25) is 0 Å².